The van der Waals surface area contributed by atoms with E-state index in [1.165, 1.54) is 24.8 Å². The number of allylic oxidation sites excluding steroid dienone is 2. The minimum absolute atomic E-state index is 0.0334. The summed E-state index contributed by atoms with van der Waals surface area (Å²) in [7, 11) is 0. The first-order valence-electron chi connectivity index (χ1n) is 6.99. The summed E-state index contributed by atoms with van der Waals surface area (Å²) < 4.78 is 0. The molecular formula is C14H23N3O. The van der Waals surface area contributed by atoms with Crippen molar-refractivity contribution < 1.29 is 4.79 Å². The number of hydrogen-bond acceptors (Lipinski definition) is 3. The predicted molar refractivity (Wildman–Crippen MR) is 73.5 cm³/mol. The topological polar surface area (TPSA) is 44.7 Å². The average molecular weight is 249 g/mol. The predicted octanol–water partition coefficient (Wildman–Crippen LogP) is 2.07. The minimum atomic E-state index is 0.0334. The number of hydrogen-bond donors (Lipinski definition) is 1. The van der Waals surface area contributed by atoms with Gasteiger partial charge in [0.2, 0.25) is 5.91 Å². The van der Waals surface area contributed by atoms with Crippen molar-refractivity contribution >= 4 is 11.6 Å². The highest BCUT2D eigenvalue weighted by Gasteiger charge is 2.12. The van der Waals surface area contributed by atoms with Crippen LogP contribution < -0.4 is 5.43 Å². The zero-order valence-electron chi connectivity index (χ0n) is 11.2. The molecule has 1 aliphatic carbocycles. The molecule has 0 spiro atoms. The van der Waals surface area contributed by atoms with E-state index in [9.17, 15) is 4.79 Å². The highest BCUT2D eigenvalue weighted by atomic mass is 16.2. The number of carbonyl (C=O) groups excluding carboxylic acids is 1. The highest BCUT2D eigenvalue weighted by molar-refractivity contribution is 5.98. The number of rotatable bonds is 4. The van der Waals surface area contributed by atoms with Gasteiger partial charge >= 0.3 is 0 Å². The molecule has 0 aromatic rings. The summed E-state index contributed by atoms with van der Waals surface area (Å²) in [5, 5.41) is 4.16. The van der Waals surface area contributed by atoms with Gasteiger partial charge in [-0.05, 0) is 51.8 Å². The van der Waals surface area contributed by atoms with Crippen molar-refractivity contribution in [3.05, 3.63) is 11.6 Å². The lowest BCUT2D eigenvalue weighted by atomic mass is 10.1. The normalized spacial score (nSPS) is 23.2. The van der Waals surface area contributed by atoms with Gasteiger partial charge in [0.15, 0.2) is 0 Å². The third kappa shape index (κ3) is 4.26. The second-order valence-corrected chi connectivity index (χ2v) is 5.28. The van der Waals surface area contributed by atoms with Gasteiger partial charge in [-0.25, -0.2) is 5.43 Å². The third-order valence-electron chi connectivity index (χ3n) is 3.62. The van der Waals surface area contributed by atoms with Crippen LogP contribution in [0.25, 0.3) is 0 Å². The molecule has 1 N–H and O–H groups in total. The molecule has 1 aliphatic heterocycles. The number of nitrogens with zero attached hydrogens (tertiary/aromatic N) is 2. The maximum absolute atomic E-state index is 11.7. The molecule has 0 aromatic carbocycles. The van der Waals surface area contributed by atoms with Crippen LogP contribution in [0.1, 0.15) is 45.4 Å². The second-order valence-electron chi connectivity index (χ2n) is 5.28. The molecule has 2 aliphatic rings. The summed E-state index contributed by atoms with van der Waals surface area (Å²) in [5.41, 5.74) is 5.01. The Hall–Kier alpha value is -1.16. The maximum atomic E-state index is 11.7. The van der Waals surface area contributed by atoms with Crippen LogP contribution in [-0.4, -0.2) is 36.2 Å². The SMILES string of the molecule is CC1=C/C(=N\NC(=O)CCN2CCCCC2)CC1. The van der Waals surface area contributed by atoms with Gasteiger partial charge in [-0.15, -0.1) is 0 Å². The van der Waals surface area contributed by atoms with Crippen LogP contribution in [0.5, 0.6) is 0 Å². The molecule has 1 amide bonds. The Kier molecular flexibility index (Phi) is 4.93. The molecule has 0 bridgehead atoms. The summed E-state index contributed by atoms with van der Waals surface area (Å²) in [4.78, 5) is 14.0. The van der Waals surface area contributed by atoms with E-state index in [-0.39, 0.29) is 5.91 Å². The summed E-state index contributed by atoms with van der Waals surface area (Å²) in [6, 6.07) is 0. The van der Waals surface area contributed by atoms with Crippen molar-refractivity contribution in [2.75, 3.05) is 19.6 Å². The number of carbonyl (C=O) groups is 1. The lowest BCUT2D eigenvalue weighted by Gasteiger charge is -2.25. The van der Waals surface area contributed by atoms with Crippen LogP contribution in [-0.2, 0) is 4.79 Å². The Labute approximate surface area is 109 Å². The second kappa shape index (κ2) is 6.69. The largest absolute Gasteiger partial charge is 0.303 e. The highest BCUT2D eigenvalue weighted by Crippen LogP contribution is 2.14. The summed E-state index contributed by atoms with van der Waals surface area (Å²) >= 11 is 0. The van der Waals surface area contributed by atoms with Crippen LogP contribution in [0.3, 0.4) is 0 Å². The molecule has 0 saturated carbocycles. The van der Waals surface area contributed by atoms with E-state index in [1.54, 1.807) is 0 Å². The minimum Gasteiger partial charge on any atom is -0.303 e. The fourth-order valence-corrected chi connectivity index (χ4v) is 2.47. The number of nitrogens with one attached hydrogen (secondary N) is 1. The average Bonchev–Trinajstić information content (AvgIpc) is 2.81. The van der Waals surface area contributed by atoms with Crippen LogP contribution >= 0.6 is 0 Å². The maximum Gasteiger partial charge on any atom is 0.241 e. The van der Waals surface area contributed by atoms with Crippen molar-refractivity contribution in [3.8, 4) is 0 Å². The molecule has 0 unspecified atom stereocenters. The first-order chi connectivity index (χ1) is 8.74. The number of piperidine rings is 1. The molecule has 0 aromatic heterocycles. The molecule has 1 saturated heterocycles. The Morgan fingerprint density at radius 1 is 1.33 bits per heavy atom. The Morgan fingerprint density at radius 2 is 2.11 bits per heavy atom. The molecule has 100 valence electrons. The van der Waals surface area contributed by atoms with Gasteiger partial charge in [0, 0.05) is 13.0 Å². The fraction of sp³-hybridized carbons (Fsp3) is 0.714. The van der Waals surface area contributed by atoms with E-state index in [0.717, 1.165) is 38.2 Å². The Balaban J connectivity index is 1.66. The summed E-state index contributed by atoms with van der Waals surface area (Å²) in [6.45, 7) is 5.25. The first-order valence-corrected chi connectivity index (χ1v) is 6.99. The van der Waals surface area contributed by atoms with Crippen molar-refractivity contribution in [3.63, 3.8) is 0 Å². The van der Waals surface area contributed by atoms with Gasteiger partial charge in [-0.3, -0.25) is 4.79 Å². The molecular weight excluding hydrogens is 226 g/mol. The van der Waals surface area contributed by atoms with E-state index in [0.29, 0.717) is 6.42 Å². The summed E-state index contributed by atoms with van der Waals surface area (Å²) in [6.07, 6.45) is 8.52. The Morgan fingerprint density at radius 3 is 2.78 bits per heavy atom. The van der Waals surface area contributed by atoms with E-state index in [1.807, 2.05) is 0 Å². The molecule has 4 nitrogen and oxygen atoms in total. The molecule has 0 radical (unpaired) electrons. The number of hydrazone groups is 1. The lowest BCUT2D eigenvalue weighted by molar-refractivity contribution is -0.121. The number of likely N-dealkylation sites (tertiary alicyclic amines) is 1. The zero-order chi connectivity index (χ0) is 12.8. The fourth-order valence-electron chi connectivity index (χ4n) is 2.47. The number of amides is 1. The van der Waals surface area contributed by atoms with E-state index >= 15 is 0 Å². The smallest absolute Gasteiger partial charge is 0.241 e. The van der Waals surface area contributed by atoms with E-state index < -0.39 is 0 Å². The Bertz CT molecular complexity index is 354. The van der Waals surface area contributed by atoms with Gasteiger partial charge in [0.25, 0.3) is 0 Å². The zero-order valence-corrected chi connectivity index (χ0v) is 11.2. The molecule has 1 fully saturated rings. The first kappa shape index (κ1) is 13.3. The standard InChI is InChI=1S/C14H23N3O/c1-12-5-6-13(11-12)15-16-14(18)7-10-17-8-3-2-4-9-17/h11H,2-10H2,1H3,(H,16,18)/b15-13-. The van der Waals surface area contributed by atoms with Crippen LogP contribution in [0, 0.1) is 0 Å². The summed E-state index contributed by atoms with van der Waals surface area (Å²) in [5.74, 6) is 0.0334. The molecule has 1 heterocycles. The van der Waals surface area contributed by atoms with Crippen LogP contribution in [0.2, 0.25) is 0 Å². The molecule has 18 heavy (non-hydrogen) atoms. The van der Waals surface area contributed by atoms with E-state index in [4.69, 9.17) is 0 Å². The van der Waals surface area contributed by atoms with Crippen molar-refractivity contribution in [1.82, 2.24) is 10.3 Å². The third-order valence-corrected chi connectivity index (χ3v) is 3.62. The van der Waals surface area contributed by atoms with Gasteiger partial charge in [-0.1, -0.05) is 12.0 Å². The molecule has 0 atom stereocenters. The quantitative estimate of drug-likeness (QED) is 0.775. The molecule has 4 heteroatoms. The van der Waals surface area contributed by atoms with Crippen molar-refractivity contribution in [2.45, 2.75) is 45.4 Å². The van der Waals surface area contributed by atoms with Crippen molar-refractivity contribution in [1.29, 1.82) is 0 Å². The van der Waals surface area contributed by atoms with Gasteiger partial charge in [0.05, 0.1) is 5.71 Å². The van der Waals surface area contributed by atoms with Crippen LogP contribution in [0.4, 0.5) is 0 Å². The lowest BCUT2D eigenvalue weighted by Crippen LogP contribution is -2.33. The monoisotopic (exact) mass is 249 g/mol. The van der Waals surface area contributed by atoms with Gasteiger partial charge < -0.3 is 4.90 Å². The van der Waals surface area contributed by atoms with Crippen LogP contribution in [0.15, 0.2) is 16.8 Å². The van der Waals surface area contributed by atoms with E-state index in [2.05, 4.69) is 28.4 Å². The van der Waals surface area contributed by atoms with Crippen molar-refractivity contribution in [2.24, 2.45) is 5.10 Å². The van der Waals surface area contributed by atoms with Gasteiger partial charge in [-0.2, -0.15) is 5.10 Å². The van der Waals surface area contributed by atoms with Gasteiger partial charge in [0.1, 0.15) is 0 Å². The molecule has 2 rings (SSSR count).